The summed E-state index contributed by atoms with van der Waals surface area (Å²) in [6.45, 7) is 0.517. The average molecular weight is 316 g/mol. The fraction of sp³-hybridized carbons (Fsp3) is 0.556. The first-order valence-electron chi connectivity index (χ1n) is 8.24. The molecule has 0 unspecified atom stereocenters. The minimum Gasteiger partial charge on any atom is -0.497 e. The van der Waals surface area contributed by atoms with Gasteiger partial charge in [-0.15, -0.1) is 0 Å². The van der Waals surface area contributed by atoms with E-state index in [0.29, 0.717) is 13.0 Å². The van der Waals surface area contributed by atoms with Crippen LogP contribution >= 0.6 is 0 Å². The molecule has 2 amide bonds. The van der Waals surface area contributed by atoms with Gasteiger partial charge in [-0.05, 0) is 30.5 Å². The van der Waals surface area contributed by atoms with Gasteiger partial charge in [-0.25, -0.2) is 0 Å². The second kappa shape index (κ2) is 6.22. The Kier molecular flexibility index (Phi) is 4.28. The van der Waals surface area contributed by atoms with Crippen LogP contribution in [0.3, 0.4) is 0 Å². The molecule has 5 heteroatoms. The standard InChI is InChI=1S/C18H24N2O3/c1-20-12-13(11-16(20)21)17(22)19-18(9-3-4-10-18)14-5-7-15(23-2)8-6-14/h5-8,13H,3-4,9-12H2,1-2H3,(H,19,22)/t13-/m0/s1. The van der Waals surface area contributed by atoms with Crippen LogP contribution in [0.15, 0.2) is 24.3 Å². The van der Waals surface area contributed by atoms with Crippen molar-refractivity contribution in [2.24, 2.45) is 5.92 Å². The van der Waals surface area contributed by atoms with Crippen LogP contribution in [0.4, 0.5) is 0 Å². The number of hydrogen-bond donors (Lipinski definition) is 1. The molecule has 124 valence electrons. The molecule has 2 fully saturated rings. The van der Waals surface area contributed by atoms with Crippen LogP contribution in [-0.4, -0.2) is 37.4 Å². The zero-order chi connectivity index (χ0) is 16.4. The first-order chi connectivity index (χ1) is 11.0. The molecule has 5 nitrogen and oxygen atoms in total. The van der Waals surface area contributed by atoms with E-state index in [1.807, 2.05) is 24.3 Å². The monoisotopic (exact) mass is 316 g/mol. The predicted octanol–water partition coefficient (Wildman–Crippen LogP) is 2.06. The highest BCUT2D eigenvalue weighted by atomic mass is 16.5. The van der Waals surface area contributed by atoms with E-state index in [9.17, 15) is 9.59 Å². The first-order valence-corrected chi connectivity index (χ1v) is 8.24. The summed E-state index contributed by atoms with van der Waals surface area (Å²) < 4.78 is 5.22. The summed E-state index contributed by atoms with van der Waals surface area (Å²) >= 11 is 0. The molecule has 1 N–H and O–H groups in total. The molecule has 1 saturated carbocycles. The van der Waals surface area contributed by atoms with E-state index in [1.54, 1.807) is 19.1 Å². The van der Waals surface area contributed by atoms with Gasteiger partial charge in [0.25, 0.3) is 0 Å². The number of likely N-dealkylation sites (tertiary alicyclic amines) is 1. The number of carbonyl (C=O) groups is 2. The smallest absolute Gasteiger partial charge is 0.226 e. The number of hydrogen-bond acceptors (Lipinski definition) is 3. The van der Waals surface area contributed by atoms with Crippen LogP contribution in [0.1, 0.15) is 37.7 Å². The zero-order valence-electron chi connectivity index (χ0n) is 13.8. The van der Waals surface area contributed by atoms with Gasteiger partial charge < -0.3 is 15.0 Å². The maximum Gasteiger partial charge on any atom is 0.226 e. The normalized spacial score (nSPS) is 23.1. The summed E-state index contributed by atoms with van der Waals surface area (Å²) in [5.41, 5.74) is 0.829. The molecule has 0 spiro atoms. The molecule has 1 aromatic rings. The lowest BCUT2D eigenvalue weighted by molar-refractivity contribution is -0.129. The largest absolute Gasteiger partial charge is 0.497 e. The second-order valence-electron chi connectivity index (χ2n) is 6.68. The average Bonchev–Trinajstić information content (AvgIpc) is 3.16. The van der Waals surface area contributed by atoms with E-state index in [4.69, 9.17) is 4.74 Å². The molecule has 2 aliphatic rings. The molecule has 0 aromatic heterocycles. The van der Waals surface area contributed by atoms with Crippen molar-refractivity contribution >= 4 is 11.8 Å². The summed E-state index contributed by atoms with van der Waals surface area (Å²) in [6, 6.07) is 7.95. The van der Waals surface area contributed by atoms with Gasteiger partial charge in [0.05, 0.1) is 18.6 Å². The first kappa shape index (κ1) is 15.8. The summed E-state index contributed by atoms with van der Waals surface area (Å²) in [4.78, 5) is 26.0. The number of carbonyl (C=O) groups excluding carboxylic acids is 2. The number of ether oxygens (including phenoxy) is 1. The van der Waals surface area contributed by atoms with E-state index in [-0.39, 0.29) is 23.3 Å². The third-order valence-corrected chi connectivity index (χ3v) is 5.17. The van der Waals surface area contributed by atoms with E-state index < -0.39 is 0 Å². The van der Waals surface area contributed by atoms with Crippen molar-refractivity contribution in [3.8, 4) is 5.75 Å². The lowest BCUT2D eigenvalue weighted by Gasteiger charge is -2.32. The van der Waals surface area contributed by atoms with Crippen LogP contribution in [0.2, 0.25) is 0 Å². The minimum atomic E-state index is -0.298. The van der Waals surface area contributed by atoms with Gasteiger partial charge in [-0.2, -0.15) is 0 Å². The Bertz CT molecular complexity index is 591. The van der Waals surface area contributed by atoms with Gasteiger partial charge in [-0.1, -0.05) is 25.0 Å². The van der Waals surface area contributed by atoms with E-state index >= 15 is 0 Å². The fourth-order valence-corrected chi connectivity index (χ4v) is 3.75. The van der Waals surface area contributed by atoms with Crippen molar-refractivity contribution in [3.63, 3.8) is 0 Å². The summed E-state index contributed by atoms with van der Waals surface area (Å²) in [7, 11) is 3.40. The van der Waals surface area contributed by atoms with Crippen LogP contribution in [0.25, 0.3) is 0 Å². The molecule has 1 aliphatic heterocycles. The highest BCUT2D eigenvalue weighted by Crippen LogP contribution is 2.39. The van der Waals surface area contributed by atoms with Gasteiger partial charge in [0.2, 0.25) is 11.8 Å². The van der Waals surface area contributed by atoms with Crippen molar-refractivity contribution in [1.82, 2.24) is 10.2 Å². The molecular formula is C18H24N2O3. The molecule has 23 heavy (non-hydrogen) atoms. The van der Waals surface area contributed by atoms with Crippen LogP contribution in [0.5, 0.6) is 5.75 Å². The number of benzene rings is 1. The predicted molar refractivity (Wildman–Crippen MR) is 87.0 cm³/mol. The summed E-state index contributed by atoms with van der Waals surface area (Å²) in [6.07, 6.45) is 4.43. The molecular weight excluding hydrogens is 292 g/mol. The molecule has 3 rings (SSSR count). The highest BCUT2D eigenvalue weighted by Gasteiger charge is 2.40. The van der Waals surface area contributed by atoms with Gasteiger partial charge in [0.15, 0.2) is 0 Å². The topological polar surface area (TPSA) is 58.6 Å². The number of amides is 2. The van der Waals surface area contributed by atoms with Crippen molar-refractivity contribution < 1.29 is 14.3 Å². The number of rotatable bonds is 4. The lowest BCUT2D eigenvalue weighted by atomic mass is 9.87. The Morgan fingerprint density at radius 2 is 1.91 bits per heavy atom. The molecule has 1 aromatic carbocycles. The number of nitrogens with zero attached hydrogens (tertiary/aromatic N) is 1. The molecule has 1 aliphatic carbocycles. The van der Waals surface area contributed by atoms with E-state index in [2.05, 4.69) is 5.32 Å². The van der Waals surface area contributed by atoms with Gasteiger partial charge in [-0.3, -0.25) is 9.59 Å². The molecule has 0 radical (unpaired) electrons. The Labute approximate surface area is 137 Å². The summed E-state index contributed by atoms with van der Waals surface area (Å²) in [5, 5.41) is 3.27. The maximum absolute atomic E-state index is 12.7. The molecule has 1 saturated heterocycles. The Morgan fingerprint density at radius 1 is 1.26 bits per heavy atom. The van der Waals surface area contributed by atoms with Crippen molar-refractivity contribution in [3.05, 3.63) is 29.8 Å². The van der Waals surface area contributed by atoms with Crippen molar-refractivity contribution in [2.45, 2.75) is 37.6 Å². The fourth-order valence-electron chi connectivity index (χ4n) is 3.75. The number of nitrogens with one attached hydrogen (secondary N) is 1. The minimum absolute atomic E-state index is 0.000387. The molecule has 1 heterocycles. The van der Waals surface area contributed by atoms with E-state index in [0.717, 1.165) is 37.0 Å². The third kappa shape index (κ3) is 3.05. The molecule has 1 atom stereocenters. The van der Waals surface area contributed by atoms with E-state index in [1.165, 1.54) is 0 Å². The van der Waals surface area contributed by atoms with Gasteiger partial charge in [0, 0.05) is 20.0 Å². The van der Waals surface area contributed by atoms with Crippen molar-refractivity contribution in [1.29, 1.82) is 0 Å². The quantitative estimate of drug-likeness (QED) is 0.925. The van der Waals surface area contributed by atoms with Crippen molar-refractivity contribution in [2.75, 3.05) is 20.7 Å². The van der Waals surface area contributed by atoms with Gasteiger partial charge in [0.1, 0.15) is 5.75 Å². The Hall–Kier alpha value is -2.04. The SMILES string of the molecule is COc1ccc(C2(NC(=O)[C@H]3CC(=O)N(C)C3)CCCC2)cc1. The highest BCUT2D eigenvalue weighted by molar-refractivity contribution is 5.89. The lowest BCUT2D eigenvalue weighted by Crippen LogP contribution is -2.46. The second-order valence-corrected chi connectivity index (χ2v) is 6.68. The number of methoxy groups -OCH3 is 1. The van der Waals surface area contributed by atoms with Crippen LogP contribution < -0.4 is 10.1 Å². The molecule has 0 bridgehead atoms. The summed E-state index contributed by atoms with van der Waals surface area (Å²) in [5.74, 6) is 0.634. The zero-order valence-corrected chi connectivity index (χ0v) is 13.8. The maximum atomic E-state index is 12.7. The van der Waals surface area contributed by atoms with Crippen LogP contribution in [-0.2, 0) is 15.1 Å². The van der Waals surface area contributed by atoms with Gasteiger partial charge >= 0.3 is 0 Å². The Balaban J connectivity index is 1.78. The van der Waals surface area contributed by atoms with Crippen LogP contribution in [0, 0.1) is 5.92 Å². The Morgan fingerprint density at radius 3 is 2.43 bits per heavy atom. The third-order valence-electron chi connectivity index (χ3n) is 5.17.